The van der Waals surface area contributed by atoms with Gasteiger partial charge >= 0.3 is 0 Å². The van der Waals surface area contributed by atoms with Gasteiger partial charge in [0.25, 0.3) is 0 Å². The lowest BCUT2D eigenvalue weighted by Crippen LogP contribution is -2.36. The summed E-state index contributed by atoms with van der Waals surface area (Å²) in [7, 11) is 0. The number of anilines is 1. The van der Waals surface area contributed by atoms with Gasteiger partial charge in [-0.25, -0.2) is 4.99 Å². The first-order valence-corrected chi connectivity index (χ1v) is 10.4. The number of ether oxygens (including phenoxy) is 1. The van der Waals surface area contributed by atoms with Crippen LogP contribution in [0.4, 0.5) is 11.4 Å². The quantitative estimate of drug-likeness (QED) is 0.557. The molecule has 0 bridgehead atoms. The fraction of sp³-hybridized carbons (Fsp3) is 0.286. The van der Waals surface area contributed by atoms with Gasteiger partial charge in [0.2, 0.25) is 0 Å². The summed E-state index contributed by atoms with van der Waals surface area (Å²) in [5, 5.41) is 9.66. The normalized spacial score (nSPS) is 14.6. The lowest BCUT2D eigenvalue weighted by atomic mass is 10.1. The first-order chi connectivity index (χ1) is 13.8. The molecule has 142 valence electrons. The first-order valence-electron chi connectivity index (χ1n) is 9.38. The maximum Gasteiger partial charge on any atom is 0.147 e. The smallest absolute Gasteiger partial charge is 0.147 e. The highest BCUT2D eigenvalue weighted by atomic mass is 32.2. The van der Waals surface area contributed by atoms with E-state index < -0.39 is 0 Å². The molecule has 6 nitrogen and oxygen atoms in total. The summed E-state index contributed by atoms with van der Waals surface area (Å²) in [6, 6.07) is 13.6. The summed E-state index contributed by atoms with van der Waals surface area (Å²) in [5.41, 5.74) is 3.12. The molecule has 0 unspecified atom stereocenters. The summed E-state index contributed by atoms with van der Waals surface area (Å²) in [6.45, 7) is 3.87. The summed E-state index contributed by atoms with van der Waals surface area (Å²) in [4.78, 5) is 11.3. The van der Waals surface area contributed by atoms with E-state index in [4.69, 9.17) is 4.74 Å². The third kappa shape index (κ3) is 3.69. The zero-order valence-corrected chi connectivity index (χ0v) is 16.5. The molecule has 2 heterocycles. The van der Waals surface area contributed by atoms with Gasteiger partial charge in [-0.2, -0.15) is 5.26 Å². The Hall–Kier alpha value is -2.98. The third-order valence-electron chi connectivity index (χ3n) is 4.49. The maximum absolute atomic E-state index is 9.66. The van der Waals surface area contributed by atoms with E-state index in [1.54, 1.807) is 11.9 Å². The summed E-state index contributed by atoms with van der Waals surface area (Å²) in [6.07, 6.45) is 3.94. The molecular formula is C21H21N5OS. The molecule has 0 radical (unpaired) electrons. The van der Waals surface area contributed by atoms with E-state index in [1.165, 1.54) is 0 Å². The topological polar surface area (TPSA) is 73.0 Å². The Morgan fingerprint density at radius 2 is 2.25 bits per heavy atom. The predicted molar refractivity (Wildman–Crippen MR) is 115 cm³/mol. The number of benzene rings is 2. The van der Waals surface area contributed by atoms with Crippen LogP contribution in [0.3, 0.4) is 0 Å². The van der Waals surface area contributed by atoms with E-state index in [1.807, 2.05) is 42.7 Å². The largest absolute Gasteiger partial charge is 0.456 e. The molecule has 2 aliphatic rings. The van der Waals surface area contributed by atoms with Gasteiger partial charge in [0.1, 0.15) is 29.0 Å². The minimum atomic E-state index is 0.499. The van der Waals surface area contributed by atoms with Gasteiger partial charge in [0.05, 0.1) is 17.7 Å². The van der Waals surface area contributed by atoms with E-state index in [-0.39, 0.29) is 0 Å². The summed E-state index contributed by atoms with van der Waals surface area (Å²) >= 11 is 1.59. The van der Waals surface area contributed by atoms with E-state index in [0.29, 0.717) is 17.1 Å². The molecule has 0 spiro atoms. The fourth-order valence-corrected chi connectivity index (χ4v) is 3.78. The molecule has 0 atom stereocenters. The van der Waals surface area contributed by atoms with E-state index in [9.17, 15) is 5.26 Å². The first kappa shape index (κ1) is 18.4. The van der Waals surface area contributed by atoms with Crippen LogP contribution in [0, 0.1) is 11.3 Å². The van der Waals surface area contributed by atoms with Crippen LogP contribution in [0.25, 0.3) is 0 Å². The molecule has 1 N–H and O–H groups in total. The third-order valence-corrected chi connectivity index (χ3v) is 5.47. The predicted octanol–water partition coefficient (Wildman–Crippen LogP) is 4.95. The number of rotatable bonds is 6. The van der Waals surface area contributed by atoms with Crippen molar-refractivity contribution < 1.29 is 4.74 Å². The van der Waals surface area contributed by atoms with Crippen molar-refractivity contribution in [1.82, 2.24) is 4.90 Å². The molecule has 0 fully saturated rings. The number of fused-ring (bicyclic) bond motifs is 3. The monoisotopic (exact) mass is 391 g/mol. The minimum absolute atomic E-state index is 0.499. The second kappa shape index (κ2) is 8.36. The van der Waals surface area contributed by atoms with E-state index in [0.717, 1.165) is 54.5 Å². The molecule has 2 aromatic carbocycles. The van der Waals surface area contributed by atoms with E-state index in [2.05, 4.69) is 32.6 Å². The van der Waals surface area contributed by atoms with Gasteiger partial charge in [-0.3, -0.25) is 4.99 Å². The van der Waals surface area contributed by atoms with Crippen LogP contribution in [0.5, 0.6) is 11.5 Å². The van der Waals surface area contributed by atoms with Crippen LogP contribution in [-0.2, 0) is 0 Å². The SMILES string of the molecule is CCCSNc1cccc(Oc2ccc3c(c2)C2=NCCCN2C=N3)c1C#N. The number of hydrogen-bond acceptors (Lipinski definition) is 7. The van der Waals surface area contributed by atoms with Crippen LogP contribution in [0.15, 0.2) is 46.4 Å². The number of nitrogens with one attached hydrogen (secondary N) is 1. The lowest BCUT2D eigenvalue weighted by Gasteiger charge is -2.29. The van der Waals surface area contributed by atoms with Crippen molar-refractivity contribution in [3.63, 3.8) is 0 Å². The lowest BCUT2D eigenvalue weighted by molar-refractivity contribution is 0.481. The molecule has 0 saturated heterocycles. The fourth-order valence-electron chi connectivity index (χ4n) is 3.15. The van der Waals surface area contributed by atoms with Crippen LogP contribution in [0.2, 0.25) is 0 Å². The second-order valence-electron chi connectivity index (χ2n) is 6.52. The summed E-state index contributed by atoms with van der Waals surface area (Å²) < 4.78 is 9.34. The molecule has 0 aliphatic carbocycles. The zero-order chi connectivity index (χ0) is 19.3. The molecule has 0 saturated carbocycles. The Balaban J connectivity index is 1.62. The Bertz CT molecular complexity index is 979. The van der Waals surface area contributed by atoms with Crippen molar-refractivity contribution in [3.05, 3.63) is 47.5 Å². The summed E-state index contributed by atoms with van der Waals surface area (Å²) in [5.74, 6) is 3.11. The molecular weight excluding hydrogens is 370 g/mol. The number of nitrogens with zero attached hydrogens (tertiary/aromatic N) is 4. The highest BCUT2D eigenvalue weighted by Crippen LogP contribution is 2.35. The molecule has 2 aliphatic heterocycles. The molecule has 0 amide bonds. The number of amidine groups is 1. The van der Waals surface area contributed by atoms with Crippen LogP contribution < -0.4 is 9.46 Å². The van der Waals surface area contributed by atoms with Crippen LogP contribution >= 0.6 is 11.9 Å². The van der Waals surface area contributed by atoms with Gasteiger partial charge < -0.3 is 14.4 Å². The van der Waals surface area contributed by atoms with Crippen LogP contribution in [0.1, 0.15) is 30.9 Å². The van der Waals surface area contributed by atoms with Gasteiger partial charge in [0, 0.05) is 24.4 Å². The minimum Gasteiger partial charge on any atom is -0.456 e. The highest BCUT2D eigenvalue weighted by molar-refractivity contribution is 8.00. The van der Waals surface area contributed by atoms with Crippen molar-refractivity contribution in [2.75, 3.05) is 23.6 Å². The van der Waals surface area contributed by atoms with Gasteiger partial charge in [-0.05, 0) is 43.2 Å². The van der Waals surface area contributed by atoms with Gasteiger partial charge in [-0.1, -0.05) is 24.9 Å². The van der Waals surface area contributed by atoms with Gasteiger partial charge in [0.15, 0.2) is 0 Å². The molecule has 0 aromatic heterocycles. The number of hydrogen-bond donors (Lipinski definition) is 1. The average molecular weight is 392 g/mol. The Kier molecular flexibility index (Phi) is 5.49. The standard InChI is InChI=1S/C21H21N5OS/c1-2-11-28-25-19-5-3-6-20(17(19)13-22)27-15-7-8-18-16(12-15)21-23-9-4-10-26(21)14-24-18/h3,5-8,12,14,25H,2,4,9-11H2,1H3. The average Bonchev–Trinajstić information content (AvgIpc) is 2.74. The number of aliphatic imine (C=N–C) groups is 2. The molecule has 4 rings (SSSR count). The van der Waals surface area contributed by atoms with E-state index >= 15 is 0 Å². The molecule has 28 heavy (non-hydrogen) atoms. The highest BCUT2D eigenvalue weighted by Gasteiger charge is 2.23. The van der Waals surface area contributed by atoms with Crippen molar-refractivity contribution in [2.24, 2.45) is 9.98 Å². The molecule has 2 aromatic rings. The van der Waals surface area contributed by atoms with Crippen LogP contribution in [-0.4, -0.2) is 35.9 Å². The molecule has 7 heteroatoms. The number of nitriles is 1. The Labute approximate surface area is 169 Å². The van der Waals surface area contributed by atoms with Gasteiger partial charge in [-0.15, -0.1) is 0 Å². The zero-order valence-electron chi connectivity index (χ0n) is 15.7. The van der Waals surface area contributed by atoms with Crippen molar-refractivity contribution in [1.29, 1.82) is 5.26 Å². The second-order valence-corrected chi connectivity index (χ2v) is 7.42. The maximum atomic E-state index is 9.66. The van der Waals surface area contributed by atoms with Crippen molar-refractivity contribution >= 4 is 35.5 Å². The van der Waals surface area contributed by atoms with Crippen molar-refractivity contribution in [2.45, 2.75) is 19.8 Å². The van der Waals surface area contributed by atoms with Crippen molar-refractivity contribution in [3.8, 4) is 17.6 Å². The Morgan fingerprint density at radius 3 is 3.11 bits per heavy atom. The Morgan fingerprint density at radius 1 is 1.32 bits per heavy atom.